The van der Waals surface area contributed by atoms with Crippen LogP contribution in [0.3, 0.4) is 0 Å². The first-order chi connectivity index (χ1) is 10.3. The van der Waals surface area contributed by atoms with E-state index in [0.29, 0.717) is 6.04 Å². The van der Waals surface area contributed by atoms with E-state index in [1.165, 1.54) is 44.5 Å². The molecule has 0 N–H and O–H groups in total. The zero-order valence-corrected chi connectivity index (χ0v) is 12.6. The maximum Gasteiger partial charge on any atom is 0.200 e. The fourth-order valence-corrected chi connectivity index (χ4v) is 3.74. The highest BCUT2D eigenvalue weighted by Gasteiger charge is 2.28. The minimum absolute atomic E-state index is 0.692. The number of fused-ring (bicyclic) bond motifs is 1. The molecular formula is C15H22N6. The molecule has 4 heterocycles. The highest BCUT2D eigenvalue weighted by Crippen LogP contribution is 2.27. The molecule has 2 aromatic rings. The molecule has 2 aromatic heterocycles. The summed E-state index contributed by atoms with van der Waals surface area (Å²) in [5.74, 6) is 0. The second kappa shape index (κ2) is 5.26. The van der Waals surface area contributed by atoms with Gasteiger partial charge in [0.15, 0.2) is 0 Å². The van der Waals surface area contributed by atoms with E-state index in [2.05, 4.69) is 31.2 Å². The SMILES string of the molecule is Cc1cc(N2CCCC(N3CCCC3)C2)c2nncn2n1. The van der Waals surface area contributed by atoms with Crippen molar-refractivity contribution in [2.24, 2.45) is 0 Å². The summed E-state index contributed by atoms with van der Waals surface area (Å²) in [6.45, 7) is 6.79. The number of aromatic nitrogens is 4. The molecule has 1 unspecified atom stereocenters. The highest BCUT2D eigenvalue weighted by atomic mass is 15.4. The smallest absolute Gasteiger partial charge is 0.200 e. The Kier molecular flexibility index (Phi) is 3.25. The van der Waals surface area contributed by atoms with Crippen molar-refractivity contribution < 1.29 is 0 Å². The lowest BCUT2D eigenvalue weighted by Crippen LogP contribution is -2.47. The number of hydrogen-bond acceptors (Lipinski definition) is 5. The van der Waals surface area contributed by atoms with Gasteiger partial charge >= 0.3 is 0 Å². The van der Waals surface area contributed by atoms with Crippen molar-refractivity contribution in [2.45, 2.75) is 38.6 Å². The van der Waals surface area contributed by atoms with E-state index >= 15 is 0 Å². The summed E-state index contributed by atoms with van der Waals surface area (Å²) in [4.78, 5) is 5.15. The van der Waals surface area contributed by atoms with Gasteiger partial charge in [0.05, 0.1) is 11.4 Å². The summed E-state index contributed by atoms with van der Waals surface area (Å²) in [5.41, 5.74) is 3.08. The highest BCUT2D eigenvalue weighted by molar-refractivity contribution is 5.68. The van der Waals surface area contributed by atoms with Crippen LogP contribution in [0.4, 0.5) is 5.69 Å². The Morgan fingerprint density at radius 3 is 2.86 bits per heavy atom. The van der Waals surface area contributed by atoms with Gasteiger partial charge in [-0.3, -0.25) is 4.90 Å². The molecule has 6 heteroatoms. The third-order valence-electron chi connectivity index (χ3n) is 4.76. The zero-order chi connectivity index (χ0) is 14.2. The molecule has 0 bridgehead atoms. The Bertz CT molecular complexity index is 630. The monoisotopic (exact) mass is 286 g/mol. The van der Waals surface area contributed by atoms with Gasteiger partial charge in [-0.2, -0.15) is 9.61 Å². The molecule has 2 aliphatic heterocycles. The van der Waals surface area contributed by atoms with Gasteiger partial charge in [-0.15, -0.1) is 10.2 Å². The molecule has 2 aliphatic rings. The van der Waals surface area contributed by atoms with Gasteiger partial charge in [-0.1, -0.05) is 0 Å². The number of anilines is 1. The summed E-state index contributed by atoms with van der Waals surface area (Å²) >= 11 is 0. The third kappa shape index (κ3) is 2.37. The number of hydrogen-bond donors (Lipinski definition) is 0. The van der Waals surface area contributed by atoms with Crippen LogP contribution in [0.2, 0.25) is 0 Å². The average Bonchev–Trinajstić information content (AvgIpc) is 3.17. The average molecular weight is 286 g/mol. The predicted octanol–water partition coefficient (Wildman–Crippen LogP) is 1.50. The van der Waals surface area contributed by atoms with Crippen molar-refractivity contribution in [1.29, 1.82) is 0 Å². The van der Waals surface area contributed by atoms with Crippen molar-refractivity contribution in [2.75, 3.05) is 31.1 Å². The molecule has 6 nitrogen and oxygen atoms in total. The Labute approximate surface area is 124 Å². The molecule has 2 saturated heterocycles. The van der Waals surface area contributed by atoms with Crippen LogP contribution < -0.4 is 4.90 Å². The van der Waals surface area contributed by atoms with Crippen molar-refractivity contribution >= 4 is 11.3 Å². The van der Waals surface area contributed by atoms with Crippen LogP contribution in [0.5, 0.6) is 0 Å². The van der Waals surface area contributed by atoms with Crippen LogP contribution in [-0.4, -0.2) is 56.9 Å². The van der Waals surface area contributed by atoms with Crippen molar-refractivity contribution in [3.63, 3.8) is 0 Å². The molecule has 0 aliphatic carbocycles. The van der Waals surface area contributed by atoms with Crippen LogP contribution in [0.1, 0.15) is 31.4 Å². The second-order valence-corrected chi connectivity index (χ2v) is 6.26. The van der Waals surface area contributed by atoms with Gasteiger partial charge < -0.3 is 4.90 Å². The van der Waals surface area contributed by atoms with E-state index < -0.39 is 0 Å². The minimum Gasteiger partial charge on any atom is -0.367 e. The number of nitrogens with zero attached hydrogens (tertiary/aromatic N) is 6. The van der Waals surface area contributed by atoms with E-state index in [1.54, 1.807) is 10.8 Å². The molecule has 2 fully saturated rings. The first-order valence-corrected chi connectivity index (χ1v) is 7.98. The lowest BCUT2D eigenvalue weighted by Gasteiger charge is -2.38. The molecule has 0 saturated carbocycles. The van der Waals surface area contributed by atoms with Gasteiger partial charge in [0.2, 0.25) is 5.65 Å². The Balaban J connectivity index is 1.63. The van der Waals surface area contributed by atoms with Crippen molar-refractivity contribution in [1.82, 2.24) is 24.7 Å². The summed E-state index contributed by atoms with van der Waals surface area (Å²) in [6, 6.07) is 2.84. The molecule has 4 rings (SSSR count). The lowest BCUT2D eigenvalue weighted by atomic mass is 10.0. The van der Waals surface area contributed by atoms with E-state index in [-0.39, 0.29) is 0 Å². The normalized spacial score (nSPS) is 24.0. The predicted molar refractivity (Wildman–Crippen MR) is 81.6 cm³/mol. The first kappa shape index (κ1) is 13.0. The number of aryl methyl sites for hydroxylation is 1. The maximum atomic E-state index is 4.44. The molecule has 0 aromatic carbocycles. The van der Waals surface area contributed by atoms with Crippen molar-refractivity contribution in [3.8, 4) is 0 Å². The summed E-state index contributed by atoms with van der Waals surface area (Å²) in [6.07, 6.45) is 6.98. The maximum absolute atomic E-state index is 4.44. The number of rotatable bonds is 2. The zero-order valence-electron chi connectivity index (χ0n) is 12.6. The van der Waals surface area contributed by atoms with Crippen molar-refractivity contribution in [3.05, 3.63) is 18.1 Å². The Morgan fingerprint density at radius 1 is 1.14 bits per heavy atom. The van der Waals surface area contributed by atoms with Crippen LogP contribution in [0, 0.1) is 6.92 Å². The second-order valence-electron chi connectivity index (χ2n) is 6.26. The fraction of sp³-hybridized carbons (Fsp3) is 0.667. The van der Waals surface area contributed by atoms with E-state index in [1.807, 2.05) is 6.92 Å². The van der Waals surface area contributed by atoms with Gasteiger partial charge in [-0.25, -0.2) is 0 Å². The molecule has 0 spiro atoms. The summed E-state index contributed by atoms with van der Waals surface area (Å²) < 4.78 is 1.80. The summed E-state index contributed by atoms with van der Waals surface area (Å²) in [7, 11) is 0. The van der Waals surface area contributed by atoms with E-state index in [4.69, 9.17) is 0 Å². The molecule has 0 amide bonds. The third-order valence-corrected chi connectivity index (χ3v) is 4.76. The molecular weight excluding hydrogens is 264 g/mol. The van der Waals surface area contributed by atoms with E-state index in [0.717, 1.165) is 24.4 Å². The quantitative estimate of drug-likeness (QED) is 0.837. The summed E-state index contributed by atoms with van der Waals surface area (Å²) in [5, 5.41) is 12.7. The lowest BCUT2D eigenvalue weighted by molar-refractivity contribution is 0.215. The van der Waals surface area contributed by atoms with Gasteiger partial charge in [0.25, 0.3) is 0 Å². The van der Waals surface area contributed by atoms with Gasteiger partial charge in [-0.05, 0) is 51.8 Å². The number of piperidine rings is 1. The van der Waals surface area contributed by atoms with Crippen LogP contribution >= 0.6 is 0 Å². The van der Waals surface area contributed by atoms with Crippen LogP contribution in [0.15, 0.2) is 12.4 Å². The van der Waals surface area contributed by atoms with Gasteiger partial charge in [0, 0.05) is 19.1 Å². The number of likely N-dealkylation sites (tertiary alicyclic amines) is 1. The topological polar surface area (TPSA) is 49.6 Å². The van der Waals surface area contributed by atoms with Crippen LogP contribution in [0.25, 0.3) is 5.65 Å². The largest absolute Gasteiger partial charge is 0.367 e. The molecule has 1 atom stereocenters. The van der Waals surface area contributed by atoms with Crippen LogP contribution in [-0.2, 0) is 0 Å². The molecule has 0 radical (unpaired) electrons. The fourth-order valence-electron chi connectivity index (χ4n) is 3.74. The van der Waals surface area contributed by atoms with Gasteiger partial charge in [0.1, 0.15) is 6.33 Å². The molecule has 21 heavy (non-hydrogen) atoms. The standard InChI is InChI=1S/C15H22N6/c1-12-9-14(15-17-16-11-21(15)18-12)20-8-4-5-13(10-20)19-6-2-3-7-19/h9,11,13H,2-8,10H2,1H3. The van der Waals surface area contributed by atoms with E-state index in [9.17, 15) is 0 Å². The minimum atomic E-state index is 0.692. The Morgan fingerprint density at radius 2 is 2.00 bits per heavy atom. The Hall–Kier alpha value is -1.69. The molecule has 112 valence electrons. The first-order valence-electron chi connectivity index (χ1n) is 7.98.